The van der Waals surface area contributed by atoms with Crippen LogP contribution in [0, 0.1) is 12.8 Å². The van der Waals surface area contributed by atoms with Crippen LogP contribution >= 0.6 is 0 Å². The van der Waals surface area contributed by atoms with E-state index in [-0.39, 0.29) is 11.9 Å². The normalized spacial score (nSPS) is 16.1. The zero-order valence-corrected chi connectivity index (χ0v) is 20.8. The third-order valence-electron chi connectivity index (χ3n) is 6.44. The van der Waals surface area contributed by atoms with Crippen LogP contribution in [0.25, 0.3) is 16.9 Å². The van der Waals surface area contributed by atoms with Gasteiger partial charge in [0.2, 0.25) is 0 Å². The summed E-state index contributed by atoms with van der Waals surface area (Å²) >= 11 is 0. The van der Waals surface area contributed by atoms with Crippen molar-refractivity contribution in [2.75, 3.05) is 33.9 Å². The average Bonchev–Trinajstić information content (AvgIpc) is 3.20. The number of rotatable bonds is 7. The second-order valence-corrected chi connectivity index (χ2v) is 9.25. The highest BCUT2D eigenvalue weighted by atomic mass is 16.5. The van der Waals surface area contributed by atoms with E-state index in [1.165, 1.54) is 0 Å². The number of methoxy groups -OCH3 is 2. The number of nitrogens with zero attached hydrogens (tertiary/aromatic N) is 2. The smallest absolute Gasteiger partial charge is 0.256 e. The molecule has 34 heavy (non-hydrogen) atoms. The van der Waals surface area contributed by atoms with E-state index in [0.29, 0.717) is 29.5 Å². The maximum atomic E-state index is 14.1. The van der Waals surface area contributed by atoms with Crippen molar-refractivity contribution < 1.29 is 14.3 Å². The Kier molecular flexibility index (Phi) is 7.27. The van der Waals surface area contributed by atoms with E-state index in [2.05, 4.69) is 40.8 Å². The van der Waals surface area contributed by atoms with Crippen molar-refractivity contribution in [3.05, 3.63) is 65.9 Å². The van der Waals surface area contributed by atoms with Crippen LogP contribution in [0.1, 0.15) is 36.3 Å². The number of carbonyl (C=O) groups is 1. The molecule has 6 heteroatoms. The molecule has 1 aliphatic rings. The molecule has 3 aromatic rings. The minimum absolute atomic E-state index is 0.0784. The van der Waals surface area contributed by atoms with Gasteiger partial charge in [-0.15, -0.1) is 0 Å². The zero-order valence-electron chi connectivity index (χ0n) is 20.8. The van der Waals surface area contributed by atoms with Crippen LogP contribution in [0.4, 0.5) is 0 Å². The van der Waals surface area contributed by atoms with E-state index in [1.54, 1.807) is 14.2 Å². The lowest BCUT2D eigenvalue weighted by atomic mass is 9.99. The monoisotopic (exact) mass is 461 g/mol. The fourth-order valence-electron chi connectivity index (χ4n) is 4.98. The minimum atomic E-state index is 0.0784. The number of para-hydroxylation sites is 1. The number of ether oxygens (including phenoxy) is 2. The highest BCUT2D eigenvalue weighted by molar-refractivity contribution is 6.01. The van der Waals surface area contributed by atoms with Crippen molar-refractivity contribution in [1.82, 2.24) is 14.8 Å². The van der Waals surface area contributed by atoms with E-state index < -0.39 is 0 Å². The highest BCUT2D eigenvalue weighted by Gasteiger charge is 2.32. The molecular weight excluding hydrogens is 426 g/mol. The predicted molar refractivity (Wildman–Crippen MR) is 136 cm³/mol. The van der Waals surface area contributed by atoms with Gasteiger partial charge in [0.15, 0.2) is 11.5 Å². The SMILES string of the molecule is COc1cccc(-n2c(C)cc(C(=O)N3CCNC[C@H]3CC(C)C)c2-c2ccccc2)c1OC. The van der Waals surface area contributed by atoms with E-state index >= 15 is 0 Å². The maximum Gasteiger partial charge on any atom is 0.256 e. The van der Waals surface area contributed by atoms with Crippen molar-refractivity contribution in [2.45, 2.75) is 33.2 Å². The third kappa shape index (κ3) is 4.55. The molecular formula is C28H35N3O3. The molecule has 0 aliphatic carbocycles. The number of hydrogen-bond acceptors (Lipinski definition) is 4. The molecule has 1 saturated heterocycles. The molecule has 180 valence electrons. The second-order valence-electron chi connectivity index (χ2n) is 9.25. The molecule has 1 amide bonds. The Bertz CT molecular complexity index is 1140. The summed E-state index contributed by atoms with van der Waals surface area (Å²) in [6.07, 6.45) is 0.975. The van der Waals surface area contributed by atoms with Gasteiger partial charge in [-0.1, -0.05) is 50.2 Å². The van der Waals surface area contributed by atoms with Crippen molar-refractivity contribution in [3.63, 3.8) is 0 Å². The standard InChI is InChI=1S/C28H35N3O3/c1-19(2)16-22-18-29-14-15-30(22)28(32)23-17-20(3)31(26(23)21-10-7-6-8-11-21)24-12-9-13-25(33-4)27(24)34-5/h6-13,17,19,22,29H,14-16,18H2,1-5H3/t22-/m1/s1. The number of aryl methyl sites for hydroxylation is 1. The molecule has 4 rings (SSSR count). The molecule has 0 saturated carbocycles. The van der Waals surface area contributed by atoms with Crippen LogP contribution in [0.15, 0.2) is 54.6 Å². The molecule has 1 N–H and O–H groups in total. The summed E-state index contributed by atoms with van der Waals surface area (Å²) in [5.41, 5.74) is 4.38. The first kappa shape index (κ1) is 23.9. The van der Waals surface area contributed by atoms with Crippen molar-refractivity contribution in [2.24, 2.45) is 5.92 Å². The summed E-state index contributed by atoms with van der Waals surface area (Å²) in [7, 11) is 3.28. The van der Waals surface area contributed by atoms with Gasteiger partial charge in [0.25, 0.3) is 5.91 Å². The van der Waals surface area contributed by atoms with Crippen molar-refractivity contribution >= 4 is 5.91 Å². The van der Waals surface area contributed by atoms with Gasteiger partial charge >= 0.3 is 0 Å². The first-order valence-electron chi connectivity index (χ1n) is 12.0. The number of aromatic nitrogens is 1. The fourth-order valence-corrected chi connectivity index (χ4v) is 4.98. The Morgan fingerprint density at radius 1 is 1.09 bits per heavy atom. The minimum Gasteiger partial charge on any atom is -0.493 e. The molecule has 1 aliphatic heterocycles. The van der Waals surface area contributed by atoms with Crippen LogP contribution in [0.5, 0.6) is 11.5 Å². The first-order valence-corrected chi connectivity index (χ1v) is 12.0. The number of hydrogen-bond donors (Lipinski definition) is 1. The zero-order chi connectivity index (χ0) is 24.2. The summed E-state index contributed by atoms with van der Waals surface area (Å²) in [6.45, 7) is 8.80. The molecule has 0 radical (unpaired) electrons. The second kappa shape index (κ2) is 10.3. The van der Waals surface area contributed by atoms with Gasteiger partial charge in [0.05, 0.1) is 31.2 Å². The summed E-state index contributed by atoms with van der Waals surface area (Å²) in [6, 6.07) is 18.1. The van der Waals surface area contributed by atoms with E-state index in [0.717, 1.165) is 42.1 Å². The number of piperazine rings is 1. The van der Waals surface area contributed by atoms with Gasteiger partial charge < -0.3 is 24.3 Å². The quantitative estimate of drug-likeness (QED) is 0.542. The Morgan fingerprint density at radius 3 is 2.53 bits per heavy atom. The lowest BCUT2D eigenvalue weighted by Gasteiger charge is -2.37. The largest absolute Gasteiger partial charge is 0.493 e. The molecule has 1 aromatic heterocycles. The van der Waals surface area contributed by atoms with E-state index in [9.17, 15) is 4.79 Å². The van der Waals surface area contributed by atoms with Gasteiger partial charge in [-0.2, -0.15) is 0 Å². The van der Waals surface area contributed by atoms with Crippen LogP contribution in [0.3, 0.4) is 0 Å². The lowest BCUT2D eigenvalue weighted by molar-refractivity contribution is 0.0610. The summed E-state index contributed by atoms with van der Waals surface area (Å²) < 4.78 is 13.4. The molecule has 0 spiro atoms. The van der Waals surface area contributed by atoms with E-state index in [4.69, 9.17) is 9.47 Å². The predicted octanol–water partition coefficient (Wildman–Crippen LogP) is 4.93. The molecule has 0 unspecified atom stereocenters. The topological polar surface area (TPSA) is 55.7 Å². The van der Waals surface area contributed by atoms with Crippen molar-refractivity contribution in [1.29, 1.82) is 0 Å². The van der Waals surface area contributed by atoms with Crippen LogP contribution in [-0.4, -0.2) is 55.3 Å². The Morgan fingerprint density at radius 2 is 1.85 bits per heavy atom. The van der Waals surface area contributed by atoms with Gasteiger partial charge in [0.1, 0.15) is 0 Å². The molecule has 0 bridgehead atoms. The Labute approximate surface area is 202 Å². The molecule has 2 aromatic carbocycles. The maximum absolute atomic E-state index is 14.1. The average molecular weight is 462 g/mol. The van der Waals surface area contributed by atoms with Crippen LogP contribution in [-0.2, 0) is 0 Å². The van der Waals surface area contributed by atoms with E-state index in [1.807, 2.05) is 49.4 Å². The number of amides is 1. The van der Waals surface area contributed by atoms with Crippen molar-refractivity contribution in [3.8, 4) is 28.4 Å². The molecule has 6 nitrogen and oxygen atoms in total. The number of benzene rings is 2. The molecule has 1 atom stereocenters. The summed E-state index contributed by atoms with van der Waals surface area (Å²) in [5, 5.41) is 3.46. The third-order valence-corrected chi connectivity index (χ3v) is 6.44. The van der Waals surface area contributed by atoms with Gasteiger partial charge in [-0.25, -0.2) is 0 Å². The Hall–Kier alpha value is -3.25. The number of carbonyl (C=O) groups excluding carboxylic acids is 1. The lowest BCUT2D eigenvalue weighted by Crippen LogP contribution is -2.54. The van der Waals surface area contributed by atoms with Crippen LogP contribution in [0.2, 0.25) is 0 Å². The Balaban J connectivity index is 1.90. The summed E-state index contributed by atoms with van der Waals surface area (Å²) in [4.78, 5) is 16.1. The van der Waals surface area contributed by atoms with Crippen LogP contribution < -0.4 is 14.8 Å². The fraction of sp³-hybridized carbons (Fsp3) is 0.393. The van der Waals surface area contributed by atoms with Gasteiger partial charge in [0, 0.05) is 31.4 Å². The number of nitrogens with one attached hydrogen (secondary N) is 1. The van der Waals surface area contributed by atoms with Gasteiger partial charge in [-0.3, -0.25) is 4.79 Å². The highest BCUT2D eigenvalue weighted by Crippen LogP contribution is 2.39. The molecule has 1 fully saturated rings. The summed E-state index contributed by atoms with van der Waals surface area (Å²) in [5.74, 6) is 1.88. The first-order chi connectivity index (χ1) is 16.5. The van der Waals surface area contributed by atoms with Gasteiger partial charge in [-0.05, 0) is 43.0 Å². The molecule has 2 heterocycles.